The Morgan fingerprint density at radius 3 is 2.53 bits per heavy atom. The lowest BCUT2D eigenvalue weighted by atomic mass is 9.79. The molecular formula is C19H19F5N8. The number of hydrogen-bond donors (Lipinski definition) is 0. The SMILES string of the molecule is Cc1cc(N2CC3(CCN(c4ncc5cnn(CC(F)F)c5n4)C3)C2)nc(C(F)(F)F)n1. The van der Waals surface area contributed by atoms with Crippen LogP contribution in [-0.2, 0) is 12.7 Å². The van der Waals surface area contributed by atoms with Gasteiger partial charge in [-0.1, -0.05) is 0 Å². The molecule has 0 radical (unpaired) electrons. The molecule has 0 unspecified atom stereocenters. The van der Waals surface area contributed by atoms with Crippen molar-refractivity contribution in [2.75, 3.05) is 36.0 Å². The van der Waals surface area contributed by atoms with Gasteiger partial charge in [-0.3, -0.25) is 0 Å². The zero-order valence-corrected chi connectivity index (χ0v) is 17.0. The van der Waals surface area contributed by atoms with E-state index in [1.807, 2.05) is 9.80 Å². The van der Waals surface area contributed by atoms with Gasteiger partial charge in [0, 0.05) is 49.6 Å². The predicted octanol–water partition coefficient (Wildman–Crippen LogP) is 2.93. The summed E-state index contributed by atoms with van der Waals surface area (Å²) in [5.74, 6) is -0.438. The summed E-state index contributed by atoms with van der Waals surface area (Å²) >= 11 is 0. The van der Waals surface area contributed by atoms with E-state index in [0.29, 0.717) is 43.2 Å². The minimum Gasteiger partial charge on any atom is -0.355 e. The van der Waals surface area contributed by atoms with Crippen LogP contribution in [0, 0.1) is 12.3 Å². The summed E-state index contributed by atoms with van der Waals surface area (Å²) in [7, 11) is 0. The van der Waals surface area contributed by atoms with Gasteiger partial charge in [-0.25, -0.2) is 28.4 Å². The predicted molar refractivity (Wildman–Crippen MR) is 105 cm³/mol. The summed E-state index contributed by atoms with van der Waals surface area (Å²) in [4.78, 5) is 19.8. The van der Waals surface area contributed by atoms with Crippen LogP contribution >= 0.6 is 0 Å². The minimum atomic E-state index is -4.60. The Hall–Kier alpha value is -3.12. The van der Waals surface area contributed by atoms with Crippen LogP contribution in [0.2, 0.25) is 0 Å². The van der Waals surface area contributed by atoms with Crippen LogP contribution < -0.4 is 9.80 Å². The van der Waals surface area contributed by atoms with E-state index in [0.717, 1.165) is 11.1 Å². The lowest BCUT2D eigenvalue weighted by Crippen LogP contribution is -2.58. The van der Waals surface area contributed by atoms with Gasteiger partial charge in [0.15, 0.2) is 5.65 Å². The largest absolute Gasteiger partial charge is 0.451 e. The third-order valence-electron chi connectivity index (χ3n) is 5.87. The van der Waals surface area contributed by atoms with Crippen molar-refractivity contribution >= 4 is 22.8 Å². The van der Waals surface area contributed by atoms with Crippen molar-refractivity contribution in [1.82, 2.24) is 29.7 Å². The summed E-state index contributed by atoms with van der Waals surface area (Å²) in [6, 6.07) is 1.55. The van der Waals surface area contributed by atoms with E-state index in [-0.39, 0.29) is 16.9 Å². The summed E-state index contributed by atoms with van der Waals surface area (Å²) in [5.41, 5.74) is 0.500. The molecule has 0 saturated carbocycles. The number of nitrogens with zero attached hydrogens (tertiary/aromatic N) is 8. The first-order valence-corrected chi connectivity index (χ1v) is 10.0. The molecule has 8 nitrogen and oxygen atoms in total. The van der Waals surface area contributed by atoms with E-state index in [9.17, 15) is 22.0 Å². The van der Waals surface area contributed by atoms with Gasteiger partial charge in [0.25, 0.3) is 6.43 Å². The highest BCUT2D eigenvalue weighted by molar-refractivity contribution is 5.74. The van der Waals surface area contributed by atoms with E-state index in [1.165, 1.54) is 13.1 Å². The van der Waals surface area contributed by atoms with Crippen molar-refractivity contribution < 1.29 is 22.0 Å². The number of fused-ring (bicyclic) bond motifs is 1. The maximum atomic E-state index is 13.0. The van der Waals surface area contributed by atoms with Crippen LogP contribution in [0.5, 0.6) is 0 Å². The van der Waals surface area contributed by atoms with Gasteiger partial charge in [-0.15, -0.1) is 0 Å². The van der Waals surface area contributed by atoms with Crippen molar-refractivity contribution in [3.05, 3.63) is 30.0 Å². The molecule has 0 aliphatic carbocycles. The lowest BCUT2D eigenvalue weighted by molar-refractivity contribution is -0.145. The summed E-state index contributed by atoms with van der Waals surface area (Å²) in [5, 5.41) is 4.53. The Bertz CT molecular complexity index is 1150. The Labute approximate surface area is 179 Å². The molecule has 0 N–H and O–H groups in total. The summed E-state index contributed by atoms with van der Waals surface area (Å²) in [6.45, 7) is 3.37. The molecule has 2 saturated heterocycles. The quantitative estimate of drug-likeness (QED) is 0.561. The Morgan fingerprint density at radius 2 is 1.81 bits per heavy atom. The van der Waals surface area contributed by atoms with Crippen molar-refractivity contribution in [2.45, 2.75) is 32.5 Å². The molecule has 5 heterocycles. The first-order valence-electron chi connectivity index (χ1n) is 10.0. The van der Waals surface area contributed by atoms with Gasteiger partial charge in [0.05, 0.1) is 11.6 Å². The standard InChI is InChI=1S/C19H19F5N8/c1-11-4-14(28-16(27-11)19(22,23)24)31-9-18(10-31)2-3-30(8-18)17-25-5-12-6-26-32(7-13(20)21)15(12)29-17/h4-6,13H,2-3,7-10H2,1H3. The number of aromatic nitrogens is 6. The molecule has 170 valence electrons. The molecule has 0 bridgehead atoms. The van der Waals surface area contributed by atoms with Gasteiger partial charge >= 0.3 is 6.18 Å². The molecular weight excluding hydrogens is 435 g/mol. The molecule has 5 rings (SSSR count). The van der Waals surface area contributed by atoms with E-state index < -0.39 is 25.0 Å². The molecule has 3 aromatic heterocycles. The highest BCUT2D eigenvalue weighted by Crippen LogP contribution is 2.42. The van der Waals surface area contributed by atoms with Crippen LogP contribution in [0.1, 0.15) is 17.9 Å². The third-order valence-corrected chi connectivity index (χ3v) is 5.87. The Balaban J connectivity index is 1.30. The first-order chi connectivity index (χ1) is 15.1. The number of halogens is 5. The lowest BCUT2D eigenvalue weighted by Gasteiger charge is -2.48. The topological polar surface area (TPSA) is 75.9 Å². The van der Waals surface area contributed by atoms with Gasteiger partial charge in [0.1, 0.15) is 12.4 Å². The highest BCUT2D eigenvalue weighted by Gasteiger charge is 2.49. The zero-order valence-electron chi connectivity index (χ0n) is 17.0. The summed E-state index contributed by atoms with van der Waals surface area (Å²) in [6.07, 6.45) is -3.31. The molecule has 0 aromatic carbocycles. The van der Waals surface area contributed by atoms with Crippen molar-refractivity contribution in [1.29, 1.82) is 0 Å². The number of alkyl halides is 5. The molecule has 3 aromatic rings. The van der Waals surface area contributed by atoms with E-state index in [4.69, 9.17) is 0 Å². The van der Waals surface area contributed by atoms with Crippen molar-refractivity contribution in [2.24, 2.45) is 5.41 Å². The smallest absolute Gasteiger partial charge is 0.355 e. The van der Waals surface area contributed by atoms with E-state index in [2.05, 4.69) is 25.0 Å². The number of rotatable bonds is 4. The molecule has 32 heavy (non-hydrogen) atoms. The minimum absolute atomic E-state index is 0.112. The first kappa shape index (κ1) is 20.8. The van der Waals surface area contributed by atoms with E-state index >= 15 is 0 Å². The normalized spacial score (nSPS) is 18.2. The van der Waals surface area contributed by atoms with Crippen LogP contribution in [0.4, 0.5) is 33.7 Å². The zero-order chi connectivity index (χ0) is 22.7. The van der Waals surface area contributed by atoms with Crippen LogP contribution in [0.15, 0.2) is 18.5 Å². The number of aryl methyl sites for hydroxylation is 1. The van der Waals surface area contributed by atoms with Crippen LogP contribution in [-0.4, -0.2) is 62.3 Å². The second-order valence-corrected chi connectivity index (χ2v) is 8.38. The number of hydrogen-bond acceptors (Lipinski definition) is 7. The Morgan fingerprint density at radius 1 is 1.06 bits per heavy atom. The maximum Gasteiger partial charge on any atom is 0.451 e. The maximum absolute atomic E-state index is 13.0. The van der Waals surface area contributed by atoms with Crippen LogP contribution in [0.3, 0.4) is 0 Å². The average Bonchev–Trinajstić information content (AvgIpc) is 3.30. The van der Waals surface area contributed by atoms with Crippen LogP contribution in [0.25, 0.3) is 11.0 Å². The second-order valence-electron chi connectivity index (χ2n) is 8.38. The summed E-state index contributed by atoms with van der Waals surface area (Å²) < 4.78 is 65.9. The second kappa shape index (κ2) is 7.20. The molecule has 1 spiro atoms. The fourth-order valence-corrected chi connectivity index (χ4v) is 4.40. The highest BCUT2D eigenvalue weighted by atomic mass is 19.4. The number of anilines is 2. The van der Waals surface area contributed by atoms with E-state index in [1.54, 1.807) is 12.3 Å². The van der Waals surface area contributed by atoms with Crippen molar-refractivity contribution in [3.8, 4) is 0 Å². The van der Waals surface area contributed by atoms with Gasteiger partial charge < -0.3 is 9.80 Å². The molecule has 2 fully saturated rings. The van der Waals surface area contributed by atoms with Crippen molar-refractivity contribution in [3.63, 3.8) is 0 Å². The average molecular weight is 454 g/mol. The Kier molecular flexibility index (Phi) is 4.67. The fourth-order valence-electron chi connectivity index (χ4n) is 4.40. The fraction of sp³-hybridized carbons (Fsp3) is 0.526. The molecule has 0 atom stereocenters. The van der Waals surface area contributed by atoms with Gasteiger partial charge in [-0.05, 0) is 13.3 Å². The van der Waals surface area contributed by atoms with Gasteiger partial charge in [0.2, 0.25) is 11.8 Å². The van der Waals surface area contributed by atoms with Gasteiger partial charge in [-0.2, -0.15) is 23.3 Å². The molecule has 2 aliphatic rings. The molecule has 2 aliphatic heterocycles. The monoisotopic (exact) mass is 454 g/mol. The molecule has 13 heteroatoms. The third kappa shape index (κ3) is 3.69. The molecule has 0 amide bonds.